The number of rotatable bonds is 6. The second kappa shape index (κ2) is 8.46. The highest BCUT2D eigenvalue weighted by Gasteiger charge is 2.20. The Kier molecular flexibility index (Phi) is 6.61. The molecule has 0 aromatic heterocycles. The third-order valence-electron chi connectivity index (χ3n) is 3.85. The molecule has 0 spiro atoms. The lowest BCUT2D eigenvalue weighted by atomic mass is 10.2. The van der Waals surface area contributed by atoms with Crippen molar-refractivity contribution < 1.29 is 9.18 Å². The molecule has 22 heavy (non-hydrogen) atoms. The van der Waals surface area contributed by atoms with E-state index in [9.17, 15) is 9.18 Å². The zero-order valence-corrected chi connectivity index (χ0v) is 13.7. The van der Waals surface area contributed by atoms with Crippen molar-refractivity contribution in [3.05, 3.63) is 34.6 Å². The van der Waals surface area contributed by atoms with Gasteiger partial charge in [0, 0.05) is 49.9 Å². The number of piperazine rings is 1. The van der Waals surface area contributed by atoms with Gasteiger partial charge < -0.3 is 5.32 Å². The van der Waals surface area contributed by atoms with Gasteiger partial charge >= 0.3 is 0 Å². The second-order valence-electron chi connectivity index (χ2n) is 5.60. The van der Waals surface area contributed by atoms with E-state index in [1.54, 1.807) is 12.1 Å². The van der Waals surface area contributed by atoms with Crippen molar-refractivity contribution in [2.24, 2.45) is 0 Å². The van der Waals surface area contributed by atoms with Crippen molar-refractivity contribution in [1.29, 1.82) is 0 Å². The third-order valence-corrected chi connectivity index (χ3v) is 4.20. The summed E-state index contributed by atoms with van der Waals surface area (Å²) >= 11 is 6.06. The van der Waals surface area contributed by atoms with Gasteiger partial charge in [0.05, 0.1) is 6.54 Å². The monoisotopic (exact) mass is 327 g/mol. The minimum Gasteiger partial charge on any atom is -0.355 e. The molecule has 1 N–H and O–H groups in total. The lowest BCUT2D eigenvalue weighted by molar-refractivity contribution is -0.122. The molecule has 0 saturated carbocycles. The van der Waals surface area contributed by atoms with Crippen LogP contribution in [0.2, 0.25) is 5.02 Å². The second-order valence-corrected chi connectivity index (χ2v) is 6.01. The van der Waals surface area contributed by atoms with Crippen LogP contribution in [-0.4, -0.2) is 55.0 Å². The van der Waals surface area contributed by atoms with Gasteiger partial charge in [0.15, 0.2) is 0 Å². The average molecular weight is 328 g/mol. The van der Waals surface area contributed by atoms with Crippen molar-refractivity contribution in [3.8, 4) is 0 Å². The lowest BCUT2D eigenvalue weighted by Gasteiger charge is -2.34. The normalized spacial score (nSPS) is 16.7. The number of hydrogen-bond donors (Lipinski definition) is 1. The maximum absolute atomic E-state index is 13.8. The molecule has 1 aromatic carbocycles. The van der Waals surface area contributed by atoms with E-state index >= 15 is 0 Å². The molecule has 4 nitrogen and oxygen atoms in total. The summed E-state index contributed by atoms with van der Waals surface area (Å²) in [5.41, 5.74) is 0.554. The number of nitrogens with one attached hydrogen (secondary N) is 1. The molecule has 0 radical (unpaired) electrons. The minimum absolute atomic E-state index is 0.0763. The number of hydrogen-bond acceptors (Lipinski definition) is 3. The predicted octanol–water partition coefficient (Wildman–Crippen LogP) is 2.12. The minimum atomic E-state index is -0.256. The van der Waals surface area contributed by atoms with E-state index in [1.807, 2.05) is 6.92 Å². The highest BCUT2D eigenvalue weighted by Crippen LogP contribution is 2.21. The summed E-state index contributed by atoms with van der Waals surface area (Å²) in [6.07, 6.45) is 0.947. The maximum Gasteiger partial charge on any atom is 0.234 e. The van der Waals surface area contributed by atoms with Gasteiger partial charge in [-0.1, -0.05) is 24.6 Å². The van der Waals surface area contributed by atoms with Crippen LogP contribution < -0.4 is 5.32 Å². The molecule has 1 heterocycles. The Morgan fingerprint density at radius 1 is 1.27 bits per heavy atom. The first-order valence-electron chi connectivity index (χ1n) is 7.74. The Balaban J connectivity index is 1.79. The van der Waals surface area contributed by atoms with Crippen molar-refractivity contribution in [3.63, 3.8) is 0 Å². The van der Waals surface area contributed by atoms with Crippen LogP contribution in [0.5, 0.6) is 0 Å². The van der Waals surface area contributed by atoms with Gasteiger partial charge in [-0.3, -0.25) is 14.6 Å². The van der Waals surface area contributed by atoms with Crippen molar-refractivity contribution in [2.75, 3.05) is 39.3 Å². The van der Waals surface area contributed by atoms with Crippen LogP contribution in [-0.2, 0) is 11.3 Å². The molecule has 0 aliphatic carbocycles. The van der Waals surface area contributed by atoms with E-state index < -0.39 is 0 Å². The third kappa shape index (κ3) is 4.93. The van der Waals surface area contributed by atoms with E-state index in [0.717, 1.165) is 39.1 Å². The Labute approximate surface area is 136 Å². The molecule has 1 saturated heterocycles. The molecule has 0 atom stereocenters. The molecular formula is C16H23ClFN3O. The van der Waals surface area contributed by atoms with Crippen LogP contribution in [0.3, 0.4) is 0 Å². The Morgan fingerprint density at radius 2 is 1.95 bits per heavy atom. The van der Waals surface area contributed by atoms with Crippen LogP contribution in [0.25, 0.3) is 0 Å². The van der Waals surface area contributed by atoms with Gasteiger partial charge in [-0.2, -0.15) is 0 Å². The fourth-order valence-corrected chi connectivity index (χ4v) is 2.76. The van der Waals surface area contributed by atoms with Gasteiger partial charge in [-0.25, -0.2) is 4.39 Å². The van der Waals surface area contributed by atoms with Crippen molar-refractivity contribution >= 4 is 17.5 Å². The highest BCUT2D eigenvalue weighted by atomic mass is 35.5. The Bertz CT molecular complexity index is 484. The number of carbonyl (C=O) groups is 1. The predicted molar refractivity (Wildman–Crippen MR) is 86.4 cm³/mol. The van der Waals surface area contributed by atoms with Gasteiger partial charge in [-0.15, -0.1) is 0 Å². The Hall–Kier alpha value is -1.17. The van der Waals surface area contributed by atoms with Crippen LogP contribution in [0.1, 0.15) is 18.9 Å². The van der Waals surface area contributed by atoms with Crippen molar-refractivity contribution in [1.82, 2.24) is 15.1 Å². The number of halogens is 2. The van der Waals surface area contributed by atoms with Gasteiger partial charge in [-0.05, 0) is 18.6 Å². The van der Waals surface area contributed by atoms with Crippen LogP contribution in [0.4, 0.5) is 4.39 Å². The van der Waals surface area contributed by atoms with E-state index in [4.69, 9.17) is 11.6 Å². The van der Waals surface area contributed by atoms with E-state index in [-0.39, 0.29) is 11.7 Å². The summed E-state index contributed by atoms with van der Waals surface area (Å²) < 4.78 is 13.8. The summed E-state index contributed by atoms with van der Waals surface area (Å²) in [6, 6.07) is 4.78. The molecule has 1 aliphatic rings. The summed E-state index contributed by atoms with van der Waals surface area (Å²) in [7, 11) is 0. The number of benzene rings is 1. The molecule has 0 unspecified atom stereocenters. The van der Waals surface area contributed by atoms with Crippen LogP contribution in [0, 0.1) is 5.82 Å². The fraction of sp³-hybridized carbons (Fsp3) is 0.562. The molecule has 6 heteroatoms. The number of nitrogens with zero attached hydrogens (tertiary/aromatic N) is 2. The highest BCUT2D eigenvalue weighted by molar-refractivity contribution is 6.31. The lowest BCUT2D eigenvalue weighted by Crippen LogP contribution is -2.49. The van der Waals surface area contributed by atoms with Crippen LogP contribution in [0.15, 0.2) is 18.2 Å². The first-order valence-corrected chi connectivity index (χ1v) is 8.12. The topological polar surface area (TPSA) is 35.6 Å². The molecule has 122 valence electrons. The number of carbonyl (C=O) groups excluding carboxylic acids is 1. The van der Waals surface area contributed by atoms with E-state index in [1.165, 1.54) is 6.07 Å². The van der Waals surface area contributed by atoms with E-state index in [2.05, 4.69) is 15.1 Å². The first kappa shape index (κ1) is 17.2. The molecule has 1 amide bonds. The summed E-state index contributed by atoms with van der Waals surface area (Å²) in [5.74, 6) is -0.179. The smallest absolute Gasteiger partial charge is 0.234 e. The van der Waals surface area contributed by atoms with Gasteiger partial charge in [0.2, 0.25) is 5.91 Å². The van der Waals surface area contributed by atoms with Crippen LogP contribution >= 0.6 is 11.6 Å². The summed E-state index contributed by atoms with van der Waals surface area (Å²) in [6.45, 7) is 6.96. The average Bonchev–Trinajstić information content (AvgIpc) is 2.51. The molecule has 2 rings (SSSR count). The first-order chi connectivity index (χ1) is 10.6. The maximum atomic E-state index is 13.8. The molecular weight excluding hydrogens is 305 g/mol. The van der Waals surface area contributed by atoms with Gasteiger partial charge in [0.1, 0.15) is 5.82 Å². The molecule has 0 bridgehead atoms. The zero-order valence-electron chi connectivity index (χ0n) is 12.9. The standard InChI is InChI=1S/C16H23ClFN3O/c1-2-6-19-16(22)12-21-9-7-20(8-10-21)11-13-14(17)4-3-5-15(13)18/h3-5H,2,6-12H2,1H3,(H,19,22). The fourth-order valence-electron chi connectivity index (χ4n) is 2.54. The summed E-state index contributed by atoms with van der Waals surface area (Å²) in [5, 5.41) is 3.36. The quantitative estimate of drug-likeness (QED) is 0.869. The Morgan fingerprint density at radius 3 is 2.59 bits per heavy atom. The SMILES string of the molecule is CCCNC(=O)CN1CCN(Cc2c(F)cccc2Cl)CC1. The molecule has 1 aromatic rings. The van der Waals surface area contributed by atoms with Gasteiger partial charge in [0.25, 0.3) is 0 Å². The summed E-state index contributed by atoms with van der Waals surface area (Å²) in [4.78, 5) is 16.0. The zero-order chi connectivity index (χ0) is 15.9. The molecule has 1 aliphatic heterocycles. The largest absolute Gasteiger partial charge is 0.355 e. The van der Waals surface area contributed by atoms with Crippen molar-refractivity contribution in [2.45, 2.75) is 19.9 Å². The molecule has 1 fully saturated rings. The number of amides is 1. The van der Waals surface area contributed by atoms with E-state index in [0.29, 0.717) is 23.7 Å².